The lowest BCUT2D eigenvalue weighted by atomic mass is 10.1. The standard InChI is InChI=1S/C20H15ClN4O/c1-13-7-5-6-10-15(13)20(26)22-17-12-19-18(11-16(17)21)23-25(24-19)14-8-3-2-4-9-14/h2-12H,1H3,(H,22,26). The zero-order chi connectivity index (χ0) is 18.1. The van der Waals surface area contributed by atoms with Crippen molar-refractivity contribution in [3.8, 4) is 5.69 Å². The molecule has 4 rings (SSSR count). The lowest BCUT2D eigenvalue weighted by molar-refractivity contribution is 0.102. The Morgan fingerprint density at radius 3 is 2.35 bits per heavy atom. The smallest absolute Gasteiger partial charge is 0.255 e. The van der Waals surface area contributed by atoms with E-state index in [1.165, 1.54) is 0 Å². The van der Waals surface area contributed by atoms with Crippen LogP contribution in [0, 0.1) is 6.92 Å². The molecule has 6 heteroatoms. The second kappa shape index (κ2) is 6.61. The second-order valence-electron chi connectivity index (χ2n) is 5.91. The summed E-state index contributed by atoms with van der Waals surface area (Å²) < 4.78 is 0. The number of hydrogen-bond acceptors (Lipinski definition) is 3. The molecule has 5 nitrogen and oxygen atoms in total. The molecule has 0 aliphatic heterocycles. The Morgan fingerprint density at radius 2 is 1.62 bits per heavy atom. The third-order valence-corrected chi connectivity index (χ3v) is 4.41. The second-order valence-corrected chi connectivity index (χ2v) is 6.32. The highest BCUT2D eigenvalue weighted by Crippen LogP contribution is 2.27. The average Bonchev–Trinajstić information content (AvgIpc) is 3.06. The molecule has 0 aliphatic carbocycles. The van der Waals surface area contributed by atoms with E-state index in [0.717, 1.165) is 11.3 Å². The fourth-order valence-corrected chi connectivity index (χ4v) is 2.93. The fraction of sp³-hybridized carbons (Fsp3) is 0.0500. The number of nitrogens with one attached hydrogen (secondary N) is 1. The normalized spacial score (nSPS) is 10.8. The maximum atomic E-state index is 12.5. The molecule has 0 spiro atoms. The molecular formula is C20H15ClN4O. The van der Waals surface area contributed by atoms with Crippen LogP contribution in [0.25, 0.3) is 16.7 Å². The first-order chi connectivity index (χ1) is 12.6. The Labute approximate surface area is 155 Å². The maximum absolute atomic E-state index is 12.5. The predicted molar refractivity (Wildman–Crippen MR) is 103 cm³/mol. The molecule has 0 aliphatic rings. The van der Waals surface area contributed by atoms with Gasteiger partial charge < -0.3 is 5.32 Å². The lowest BCUT2D eigenvalue weighted by Crippen LogP contribution is -2.13. The number of fused-ring (bicyclic) bond motifs is 1. The van der Waals surface area contributed by atoms with E-state index in [2.05, 4.69) is 15.5 Å². The third kappa shape index (κ3) is 3.05. The van der Waals surface area contributed by atoms with Crippen molar-refractivity contribution in [2.45, 2.75) is 6.92 Å². The summed E-state index contributed by atoms with van der Waals surface area (Å²) in [5.74, 6) is -0.209. The summed E-state index contributed by atoms with van der Waals surface area (Å²) in [7, 11) is 0. The minimum Gasteiger partial charge on any atom is -0.321 e. The maximum Gasteiger partial charge on any atom is 0.255 e. The number of aromatic nitrogens is 3. The molecule has 3 aromatic carbocycles. The zero-order valence-electron chi connectivity index (χ0n) is 14.0. The number of anilines is 1. The van der Waals surface area contributed by atoms with Crippen LogP contribution in [-0.4, -0.2) is 20.9 Å². The first-order valence-corrected chi connectivity index (χ1v) is 8.48. The number of rotatable bonds is 3. The quantitative estimate of drug-likeness (QED) is 0.577. The SMILES string of the molecule is Cc1ccccc1C(=O)Nc1cc2nn(-c3ccccc3)nc2cc1Cl. The van der Waals surface area contributed by atoms with E-state index in [-0.39, 0.29) is 5.91 Å². The van der Waals surface area contributed by atoms with Crippen molar-refractivity contribution in [3.63, 3.8) is 0 Å². The van der Waals surface area contributed by atoms with Gasteiger partial charge in [0, 0.05) is 5.56 Å². The van der Waals surface area contributed by atoms with Crippen LogP contribution in [0.4, 0.5) is 5.69 Å². The van der Waals surface area contributed by atoms with Gasteiger partial charge in [0.2, 0.25) is 0 Å². The van der Waals surface area contributed by atoms with Crippen LogP contribution in [0.2, 0.25) is 5.02 Å². The van der Waals surface area contributed by atoms with E-state index in [0.29, 0.717) is 27.3 Å². The minimum atomic E-state index is -0.209. The number of hydrogen-bond donors (Lipinski definition) is 1. The van der Waals surface area contributed by atoms with Gasteiger partial charge in [-0.25, -0.2) is 0 Å². The van der Waals surface area contributed by atoms with Gasteiger partial charge in [-0.3, -0.25) is 4.79 Å². The largest absolute Gasteiger partial charge is 0.321 e. The molecule has 1 heterocycles. The molecule has 0 radical (unpaired) electrons. The third-order valence-electron chi connectivity index (χ3n) is 4.09. The highest BCUT2D eigenvalue weighted by molar-refractivity contribution is 6.34. The van der Waals surface area contributed by atoms with Crippen LogP contribution in [-0.2, 0) is 0 Å². The number of para-hydroxylation sites is 1. The van der Waals surface area contributed by atoms with E-state index < -0.39 is 0 Å². The van der Waals surface area contributed by atoms with Gasteiger partial charge in [-0.2, -0.15) is 4.80 Å². The molecule has 0 unspecified atom stereocenters. The molecule has 4 aromatic rings. The molecule has 1 aromatic heterocycles. The van der Waals surface area contributed by atoms with Crippen LogP contribution in [0.15, 0.2) is 66.7 Å². The van der Waals surface area contributed by atoms with Gasteiger partial charge in [0.1, 0.15) is 11.0 Å². The molecule has 0 atom stereocenters. The highest BCUT2D eigenvalue weighted by atomic mass is 35.5. The van der Waals surface area contributed by atoms with Gasteiger partial charge in [-0.05, 0) is 42.8 Å². The summed E-state index contributed by atoms with van der Waals surface area (Å²) in [4.78, 5) is 14.1. The first kappa shape index (κ1) is 16.3. The molecule has 26 heavy (non-hydrogen) atoms. The molecule has 1 amide bonds. The number of benzene rings is 3. The number of amides is 1. The van der Waals surface area contributed by atoms with Gasteiger partial charge in [-0.15, -0.1) is 10.2 Å². The van der Waals surface area contributed by atoms with E-state index in [1.807, 2.05) is 55.5 Å². The van der Waals surface area contributed by atoms with Gasteiger partial charge in [-0.1, -0.05) is 48.0 Å². The number of nitrogens with zero attached hydrogens (tertiary/aromatic N) is 3. The van der Waals surface area contributed by atoms with Crippen LogP contribution in [0.1, 0.15) is 15.9 Å². The molecule has 0 fully saturated rings. The van der Waals surface area contributed by atoms with Gasteiger partial charge in [0.25, 0.3) is 5.91 Å². The topological polar surface area (TPSA) is 59.8 Å². The van der Waals surface area contributed by atoms with E-state index in [4.69, 9.17) is 11.6 Å². The number of halogens is 1. The molecule has 128 valence electrons. The Kier molecular flexibility index (Phi) is 4.14. The van der Waals surface area contributed by atoms with Crippen molar-refractivity contribution < 1.29 is 4.79 Å². The fourth-order valence-electron chi connectivity index (χ4n) is 2.73. The Morgan fingerprint density at radius 1 is 0.962 bits per heavy atom. The Bertz CT molecular complexity index is 1110. The first-order valence-electron chi connectivity index (χ1n) is 8.11. The van der Waals surface area contributed by atoms with Crippen molar-refractivity contribution in [3.05, 3.63) is 82.9 Å². The number of aryl methyl sites for hydroxylation is 1. The van der Waals surface area contributed by atoms with Crippen LogP contribution in [0.3, 0.4) is 0 Å². The molecule has 0 bridgehead atoms. The van der Waals surface area contributed by atoms with Crippen molar-refractivity contribution in [2.75, 3.05) is 5.32 Å². The van der Waals surface area contributed by atoms with Crippen molar-refractivity contribution in [1.29, 1.82) is 0 Å². The minimum absolute atomic E-state index is 0.209. The zero-order valence-corrected chi connectivity index (χ0v) is 14.7. The predicted octanol–water partition coefficient (Wildman–Crippen LogP) is 4.63. The Hall–Kier alpha value is -3.18. The highest BCUT2D eigenvalue weighted by Gasteiger charge is 2.13. The molecule has 0 saturated carbocycles. The van der Waals surface area contributed by atoms with Crippen LogP contribution >= 0.6 is 11.6 Å². The summed E-state index contributed by atoms with van der Waals surface area (Å²) in [5, 5.41) is 12.2. The van der Waals surface area contributed by atoms with Crippen molar-refractivity contribution in [1.82, 2.24) is 15.0 Å². The van der Waals surface area contributed by atoms with Crippen molar-refractivity contribution in [2.24, 2.45) is 0 Å². The van der Waals surface area contributed by atoms with Gasteiger partial charge in [0.05, 0.1) is 16.4 Å². The Balaban J connectivity index is 1.69. The summed E-state index contributed by atoms with van der Waals surface area (Å²) in [6.07, 6.45) is 0. The van der Waals surface area contributed by atoms with E-state index in [1.54, 1.807) is 23.0 Å². The average molecular weight is 363 g/mol. The summed E-state index contributed by atoms with van der Waals surface area (Å²) in [6, 6.07) is 20.5. The number of carbonyl (C=O) groups excluding carboxylic acids is 1. The lowest BCUT2D eigenvalue weighted by Gasteiger charge is -2.08. The molecule has 1 N–H and O–H groups in total. The van der Waals surface area contributed by atoms with Gasteiger partial charge >= 0.3 is 0 Å². The van der Waals surface area contributed by atoms with Gasteiger partial charge in [0.15, 0.2) is 0 Å². The molecule has 0 saturated heterocycles. The summed E-state index contributed by atoms with van der Waals surface area (Å²) in [6.45, 7) is 1.89. The summed E-state index contributed by atoms with van der Waals surface area (Å²) >= 11 is 6.34. The number of carbonyl (C=O) groups is 1. The van der Waals surface area contributed by atoms with Crippen LogP contribution < -0.4 is 5.32 Å². The van der Waals surface area contributed by atoms with E-state index in [9.17, 15) is 4.79 Å². The van der Waals surface area contributed by atoms with E-state index >= 15 is 0 Å². The monoisotopic (exact) mass is 362 g/mol. The summed E-state index contributed by atoms with van der Waals surface area (Å²) in [5.41, 5.74) is 4.18. The van der Waals surface area contributed by atoms with Crippen molar-refractivity contribution >= 4 is 34.2 Å². The van der Waals surface area contributed by atoms with Crippen LogP contribution in [0.5, 0.6) is 0 Å². The molecular weight excluding hydrogens is 348 g/mol.